The Morgan fingerprint density at radius 1 is 1.50 bits per heavy atom. The number of benzene rings is 1. The van der Waals surface area contributed by atoms with Gasteiger partial charge in [0.25, 0.3) is 5.91 Å². The van der Waals surface area contributed by atoms with Crippen molar-refractivity contribution >= 4 is 5.91 Å². The SMILES string of the molecule is Cc1ccc(OCC(=O)N(C)CCCN)cc1F. The van der Waals surface area contributed by atoms with Crippen LogP contribution in [0.15, 0.2) is 18.2 Å². The molecule has 0 atom stereocenters. The van der Waals surface area contributed by atoms with Crippen molar-refractivity contribution in [2.75, 3.05) is 26.7 Å². The summed E-state index contributed by atoms with van der Waals surface area (Å²) in [4.78, 5) is 13.2. The van der Waals surface area contributed by atoms with Gasteiger partial charge in [-0.2, -0.15) is 0 Å². The summed E-state index contributed by atoms with van der Waals surface area (Å²) in [5, 5.41) is 0. The fraction of sp³-hybridized carbons (Fsp3) is 0.462. The minimum absolute atomic E-state index is 0.0937. The van der Waals surface area contributed by atoms with Crippen LogP contribution in [0.25, 0.3) is 0 Å². The third-order valence-corrected chi connectivity index (χ3v) is 2.63. The molecule has 0 heterocycles. The lowest BCUT2D eigenvalue weighted by Gasteiger charge is -2.17. The van der Waals surface area contributed by atoms with Gasteiger partial charge < -0.3 is 15.4 Å². The number of amides is 1. The summed E-state index contributed by atoms with van der Waals surface area (Å²) in [7, 11) is 1.69. The zero-order chi connectivity index (χ0) is 13.5. The van der Waals surface area contributed by atoms with Gasteiger partial charge in [0.1, 0.15) is 11.6 Å². The summed E-state index contributed by atoms with van der Waals surface area (Å²) in [6.07, 6.45) is 0.751. The highest BCUT2D eigenvalue weighted by Crippen LogP contribution is 2.15. The van der Waals surface area contributed by atoms with E-state index in [-0.39, 0.29) is 18.3 Å². The van der Waals surface area contributed by atoms with Crippen LogP contribution in [0, 0.1) is 12.7 Å². The van der Waals surface area contributed by atoms with Gasteiger partial charge >= 0.3 is 0 Å². The third kappa shape index (κ3) is 4.33. The molecule has 0 radical (unpaired) electrons. The number of carbonyl (C=O) groups is 1. The second-order valence-electron chi connectivity index (χ2n) is 4.16. The van der Waals surface area contributed by atoms with Crippen molar-refractivity contribution < 1.29 is 13.9 Å². The van der Waals surface area contributed by atoms with E-state index in [0.717, 1.165) is 6.42 Å². The number of nitrogens with zero attached hydrogens (tertiary/aromatic N) is 1. The van der Waals surface area contributed by atoms with Gasteiger partial charge in [0.15, 0.2) is 6.61 Å². The first-order valence-electron chi connectivity index (χ1n) is 5.87. The van der Waals surface area contributed by atoms with Gasteiger partial charge in [-0.25, -0.2) is 4.39 Å². The fourth-order valence-electron chi connectivity index (χ4n) is 1.37. The Labute approximate surface area is 107 Å². The highest BCUT2D eigenvalue weighted by molar-refractivity contribution is 5.77. The lowest BCUT2D eigenvalue weighted by molar-refractivity contribution is -0.132. The van der Waals surface area contributed by atoms with E-state index >= 15 is 0 Å². The molecule has 0 aromatic heterocycles. The van der Waals surface area contributed by atoms with Crippen LogP contribution in [-0.4, -0.2) is 37.6 Å². The average Bonchev–Trinajstić information content (AvgIpc) is 2.36. The molecule has 18 heavy (non-hydrogen) atoms. The van der Waals surface area contributed by atoms with Crippen LogP contribution in [0.4, 0.5) is 4.39 Å². The van der Waals surface area contributed by atoms with E-state index in [1.165, 1.54) is 6.07 Å². The van der Waals surface area contributed by atoms with Crippen molar-refractivity contribution in [1.82, 2.24) is 4.90 Å². The monoisotopic (exact) mass is 254 g/mol. The van der Waals surface area contributed by atoms with Gasteiger partial charge in [-0.3, -0.25) is 4.79 Å². The first kappa shape index (κ1) is 14.4. The molecule has 0 bridgehead atoms. The summed E-state index contributed by atoms with van der Waals surface area (Å²) in [6, 6.07) is 4.54. The number of likely N-dealkylation sites (N-methyl/N-ethyl adjacent to an activating group) is 1. The number of rotatable bonds is 6. The van der Waals surface area contributed by atoms with Crippen molar-refractivity contribution in [1.29, 1.82) is 0 Å². The highest BCUT2D eigenvalue weighted by atomic mass is 19.1. The van der Waals surface area contributed by atoms with E-state index in [2.05, 4.69) is 0 Å². The second-order valence-corrected chi connectivity index (χ2v) is 4.16. The molecule has 0 aliphatic rings. The molecule has 100 valence electrons. The summed E-state index contributed by atoms with van der Waals surface area (Å²) < 4.78 is 18.5. The molecule has 0 aliphatic heterocycles. The Bertz CT molecular complexity index is 410. The van der Waals surface area contributed by atoms with Crippen LogP contribution in [0.1, 0.15) is 12.0 Å². The molecular formula is C13H19FN2O2. The van der Waals surface area contributed by atoms with Gasteiger partial charge in [-0.1, -0.05) is 6.07 Å². The van der Waals surface area contributed by atoms with Crippen LogP contribution in [0.5, 0.6) is 5.75 Å². The molecule has 2 N–H and O–H groups in total. The molecule has 0 unspecified atom stereocenters. The molecule has 0 spiro atoms. The minimum Gasteiger partial charge on any atom is -0.484 e. The molecule has 0 saturated heterocycles. The Morgan fingerprint density at radius 3 is 2.83 bits per heavy atom. The molecular weight excluding hydrogens is 235 g/mol. The lowest BCUT2D eigenvalue weighted by atomic mass is 10.2. The Morgan fingerprint density at radius 2 is 2.22 bits per heavy atom. The highest BCUT2D eigenvalue weighted by Gasteiger charge is 2.09. The van der Waals surface area contributed by atoms with E-state index in [1.54, 1.807) is 31.0 Å². The third-order valence-electron chi connectivity index (χ3n) is 2.63. The zero-order valence-corrected chi connectivity index (χ0v) is 10.8. The van der Waals surface area contributed by atoms with Crippen LogP contribution in [-0.2, 0) is 4.79 Å². The quantitative estimate of drug-likeness (QED) is 0.833. The molecule has 0 saturated carbocycles. The number of nitrogens with two attached hydrogens (primary N) is 1. The molecule has 1 aromatic rings. The number of aryl methyl sites for hydroxylation is 1. The molecule has 5 heteroatoms. The van der Waals surface area contributed by atoms with Crippen LogP contribution < -0.4 is 10.5 Å². The summed E-state index contributed by atoms with van der Waals surface area (Å²) >= 11 is 0. The van der Waals surface area contributed by atoms with Gasteiger partial charge in [-0.05, 0) is 31.5 Å². The number of carbonyl (C=O) groups excluding carboxylic acids is 1. The maximum absolute atomic E-state index is 13.2. The first-order valence-corrected chi connectivity index (χ1v) is 5.87. The van der Waals surface area contributed by atoms with E-state index in [0.29, 0.717) is 24.4 Å². The number of hydrogen-bond acceptors (Lipinski definition) is 3. The standard InChI is InChI=1S/C13H19FN2O2/c1-10-4-5-11(8-12(10)14)18-9-13(17)16(2)7-3-6-15/h4-5,8H,3,6-7,9,15H2,1-2H3. The van der Waals surface area contributed by atoms with Crippen molar-refractivity contribution in [2.45, 2.75) is 13.3 Å². The smallest absolute Gasteiger partial charge is 0.260 e. The van der Waals surface area contributed by atoms with E-state index in [9.17, 15) is 9.18 Å². The maximum Gasteiger partial charge on any atom is 0.260 e. The van der Waals surface area contributed by atoms with Gasteiger partial charge in [0.2, 0.25) is 0 Å². The van der Waals surface area contributed by atoms with Crippen molar-refractivity contribution in [3.05, 3.63) is 29.6 Å². The average molecular weight is 254 g/mol. The van der Waals surface area contributed by atoms with E-state index in [1.807, 2.05) is 0 Å². The first-order chi connectivity index (χ1) is 8.54. The topological polar surface area (TPSA) is 55.6 Å². The van der Waals surface area contributed by atoms with Crippen molar-refractivity contribution in [3.8, 4) is 5.75 Å². The predicted molar refractivity (Wildman–Crippen MR) is 67.9 cm³/mol. The maximum atomic E-state index is 13.2. The van der Waals surface area contributed by atoms with Gasteiger partial charge in [-0.15, -0.1) is 0 Å². The molecule has 4 nitrogen and oxygen atoms in total. The van der Waals surface area contributed by atoms with E-state index < -0.39 is 0 Å². The minimum atomic E-state index is -0.337. The van der Waals surface area contributed by atoms with Crippen LogP contribution >= 0.6 is 0 Å². The summed E-state index contributed by atoms with van der Waals surface area (Å²) in [5.74, 6) is -0.125. The van der Waals surface area contributed by atoms with Crippen LogP contribution in [0.2, 0.25) is 0 Å². The fourth-order valence-corrected chi connectivity index (χ4v) is 1.37. The van der Waals surface area contributed by atoms with Gasteiger partial charge in [0.05, 0.1) is 0 Å². The van der Waals surface area contributed by atoms with Gasteiger partial charge in [0, 0.05) is 19.7 Å². The second kappa shape index (κ2) is 6.96. The predicted octanol–water partition coefficient (Wildman–Crippen LogP) is 1.32. The van der Waals surface area contributed by atoms with Crippen molar-refractivity contribution in [3.63, 3.8) is 0 Å². The largest absolute Gasteiger partial charge is 0.484 e. The van der Waals surface area contributed by atoms with Crippen LogP contribution in [0.3, 0.4) is 0 Å². The van der Waals surface area contributed by atoms with E-state index in [4.69, 9.17) is 10.5 Å². The van der Waals surface area contributed by atoms with Crippen molar-refractivity contribution in [2.24, 2.45) is 5.73 Å². The normalized spacial score (nSPS) is 10.2. The Hall–Kier alpha value is -1.62. The number of halogens is 1. The number of hydrogen-bond donors (Lipinski definition) is 1. The summed E-state index contributed by atoms with van der Waals surface area (Å²) in [6.45, 7) is 2.72. The molecule has 1 amide bonds. The number of ether oxygens (including phenoxy) is 1. The molecule has 1 rings (SSSR count). The Balaban J connectivity index is 2.44. The molecule has 0 aliphatic carbocycles. The Kier molecular flexibility index (Phi) is 5.58. The zero-order valence-electron chi connectivity index (χ0n) is 10.8. The lowest BCUT2D eigenvalue weighted by Crippen LogP contribution is -2.33. The molecule has 0 fully saturated rings. The summed E-state index contributed by atoms with van der Waals surface area (Å²) in [5.41, 5.74) is 5.91. The molecule has 1 aromatic carbocycles.